The summed E-state index contributed by atoms with van der Waals surface area (Å²) in [6.45, 7) is 0. The number of hydrogen-bond donors (Lipinski definition) is 1. The Morgan fingerprint density at radius 2 is 1.71 bits per heavy atom. The van der Waals surface area contributed by atoms with Crippen LogP contribution < -0.4 is 5.43 Å². The molecule has 0 unspecified atom stereocenters. The molecule has 0 fully saturated rings. The number of nitrogens with one attached hydrogen (secondary N) is 1. The third kappa shape index (κ3) is 4.13. The van der Waals surface area contributed by atoms with Gasteiger partial charge in [-0.1, -0.05) is 48.5 Å². The van der Waals surface area contributed by atoms with Crippen molar-refractivity contribution in [2.45, 2.75) is 11.3 Å². The molecule has 0 saturated heterocycles. The lowest BCUT2D eigenvalue weighted by atomic mass is 10.1. The molecule has 170 valence electrons. The molecule has 0 saturated carbocycles. The average Bonchev–Trinajstić information content (AvgIpc) is 3.30. The number of hydrogen-bond acceptors (Lipinski definition) is 5. The smallest absolute Gasteiger partial charge is 0.267 e. The Balaban J connectivity index is 1.52. The molecule has 3 aromatic carbocycles. The monoisotopic (exact) mass is 474 g/mol. The summed E-state index contributed by atoms with van der Waals surface area (Å²) in [5, 5.41) is 8.78. The fourth-order valence-electron chi connectivity index (χ4n) is 3.83. The first kappa shape index (κ1) is 21.7. The fraction of sp³-hybridized carbons (Fsp3) is 0.0800. The van der Waals surface area contributed by atoms with E-state index in [4.69, 9.17) is 0 Å². The van der Waals surface area contributed by atoms with Crippen LogP contribution in [-0.2, 0) is 9.84 Å². The minimum Gasteiger partial charge on any atom is -0.267 e. The predicted molar refractivity (Wildman–Crippen MR) is 126 cm³/mol. The highest BCUT2D eigenvalue weighted by atomic mass is 32.2. The molecule has 0 spiro atoms. The van der Waals surface area contributed by atoms with Crippen LogP contribution in [0.3, 0.4) is 0 Å². The van der Waals surface area contributed by atoms with Crippen LogP contribution >= 0.6 is 0 Å². The lowest BCUT2D eigenvalue weighted by Crippen LogP contribution is -2.26. The Bertz CT molecular complexity index is 1510. The van der Waals surface area contributed by atoms with Crippen molar-refractivity contribution in [3.05, 3.63) is 102 Å². The van der Waals surface area contributed by atoms with Gasteiger partial charge in [0, 0.05) is 23.7 Å². The van der Waals surface area contributed by atoms with Gasteiger partial charge in [-0.25, -0.2) is 22.9 Å². The van der Waals surface area contributed by atoms with Crippen LogP contribution in [0, 0.1) is 5.82 Å². The van der Waals surface area contributed by atoms with Gasteiger partial charge in [-0.05, 0) is 30.3 Å². The Morgan fingerprint density at radius 1 is 1.00 bits per heavy atom. The maximum atomic E-state index is 13.8. The highest BCUT2D eigenvalue weighted by Gasteiger charge is 2.28. The van der Waals surface area contributed by atoms with Gasteiger partial charge in [-0.3, -0.25) is 4.79 Å². The molecular formula is C25H19FN4O3S. The molecule has 1 amide bonds. The van der Waals surface area contributed by atoms with E-state index < -0.39 is 21.6 Å². The zero-order valence-corrected chi connectivity index (χ0v) is 18.7. The van der Waals surface area contributed by atoms with Crippen molar-refractivity contribution < 1.29 is 17.6 Å². The van der Waals surface area contributed by atoms with E-state index in [1.807, 2.05) is 60.7 Å². The van der Waals surface area contributed by atoms with Crippen LogP contribution in [0.25, 0.3) is 16.9 Å². The summed E-state index contributed by atoms with van der Waals surface area (Å²) in [7, 11) is -3.53. The SMILES string of the molecule is O=C(N/N=C1/CCS(=O)(=O)c2ccc(F)cc21)c1cn(-c2ccccc2)nc1-c1ccccc1. The van der Waals surface area contributed by atoms with Crippen molar-refractivity contribution in [3.8, 4) is 16.9 Å². The summed E-state index contributed by atoms with van der Waals surface area (Å²) >= 11 is 0. The Labute approximate surface area is 195 Å². The van der Waals surface area contributed by atoms with Gasteiger partial charge < -0.3 is 0 Å². The number of amides is 1. The molecule has 2 heterocycles. The van der Waals surface area contributed by atoms with Gasteiger partial charge in [0.2, 0.25) is 0 Å². The van der Waals surface area contributed by atoms with E-state index in [9.17, 15) is 17.6 Å². The number of rotatable bonds is 4. The number of hydrazone groups is 1. The zero-order valence-electron chi connectivity index (χ0n) is 17.8. The Kier molecular flexibility index (Phi) is 5.54. The molecular weight excluding hydrogens is 455 g/mol. The van der Waals surface area contributed by atoms with Crippen molar-refractivity contribution in [3.63, 3.8) is 0 Å². The van der Waals surface area contributed by atoms with Crippen molar-refractivity contribution >= 4 is 21.5 Å². The molecule has 1 aliphatic heterocycles. The molecule has 9 heteroatoms. The van der Waals surface area contributed by atoms with E-state index in [0.717, 1.165) is 23.4 Å². The first-order valence-electron chi connectivity index (χ1n) is 10.5. The summed E-state index contributed by atoms with van der Waals surface area (Å²) in [5.41, 5.74) is 5.28. The molecule has 7 nitrogen and oxygen atoms in total. The van der Waals surface area contributed by atoms with Crippen LogP contribution in [0.15, 0.2) is 95.1 Å². The van der Waals surface area contributed by atoms with Crippen LogP contribution in [0.4, 0.5) is 4.39 Å². The Hall–Kier alpha value is -4.11. The Morgan fingerprint density at radius 3 is 2.44 bits per heavy atom. The van der Waals surface area contributed by atoms with E-state index in [1.54, 1.807) is 10.9 Å². The van der Waals surface area contributed by atoms with Gasteiger partial charge >= 0.3 is 0 Å². The van der Waals surface area contributed by atoms with Gasteiger partial charge in [-0.2, -0.15) is 10.2 Å². The molecule has 0 radical (unpaired) electrons. The highest BCUT2D eigenvalue weighted by molar-refractivity contribution is 7.91. The van der Waals surface area contributed by atoms with Crippen LogP contribution in [-0.4, -0.2) is 35.6 Å². The summed E-state index contributed by atoms with van der Waals surface area (Å²) in [5.74, 6) is -1.26. The van der Waals surface area contributed by atoms with Gasteiger partial charge in [-0.15, -0.1) is 0 Å². The summed E-state index contributed by atoms with van der Waals surface area (Å²) in [6, 6.07) is 22.1. The number of carbonyl (C=O) groups excluding carboxylic acids is 1. The number of nitrogens with zero attached hydrogens (tertiary/aromatic N) is 3. The van der Waals surface area contributed by atoms with E-state index in [1.165, 1.54) is 6.07 Å². The normalized spacial score (nSPS) is 15.6. The fourth-order valence-corrected chi connectivity index (χ4v) is 5.30. The van der Waals surface area contributed by atoms with E-state index in [0.29, 0.717) is 17.0 Å². The van der Waals surface area contributed by atoms with E-state index in [2.05, 4.69) is 15.6 Å². The van der Waals surface area contributed by atoms with Crippen LogP contribution in [0.2, 0.25) is 0 Å². The van der Waals surface area contributed by atoms with Crippen LogP contribution in [0.5, 0.6) is 0 Å². The second-order valence-corrected chi connectivity index (χ2v) is 9.82. The third-order valence-electron chi connectivity index (χ3n) is 5.51. The number of sulfone groups is 1. The van der Waals surface area contributed by atoms with Crippen molar-refractivity contribution in [2.75, 3.05) is 5.75 Å². The number of fused-ring (bicyclic) bond motifs is 1. The number of benzene rings is 3. The lowest BCUT2D eigenvalue weighted by molar-refractivity contribution is 0.0955. The van der Waals surface area contributed by atoms with Gasteiger partial charge in [0.15, 0.2) is 9.84 Å². The van der Waals surface area contributed by atoms with Crippen molar-refractivity contribution in [1.82, 2.24) is 15.2 Å². The first-order valence-corrected chi connectivity index (χ1v) is 12.2. The van der Waals surface area contributed by atoms with Gasteiger partial charge in [0.25, 0.3) is 5.91 Å². The molecule has 0 bridgehead atoms. The zero-order chi connectivity index (χ0) is 23.7. The maximum absolute atomic E-state index is 13.8. The van der Waals surface area contributed by atoms with E-state index >= 15 is 0 Å². The minimum atomic E-state index is -3.53. The molecule has 1 aliphatic rings. The maximum Gasteiger partial charge on any atom is 0.275 e. The molecule has 0 atom stereocenters. The summed E-state index contributed by atoms with van der Waals surface area (Å²) in [6.07, 6.45) is 1.68. The standard InChI is InChI=1S/C25H19FN4O3S/c26-18-11-12-23-20(15-18)22(13-14-34(23,32)33)27-28-25(31)21-16-30(19-9-5-2-6-10-19)29-24(21)17-7-3-1-4-8-17/h1-12,15-16H,13-14H2,(H,28,31)/b27-22-. The van der Waals surface area contributed by atoms with Crippen molar-refractivity contribution in [2.24, 2.45) is 5.10 Å². The van der Waals surface area contributed by atoms with Gasteiger partial charge in [0.1, 0.15) is 11.5 Å². The number of halogens is 1. The van der Waals surface area contributed by atoms with Gasteiger partial charge in [0.05, 0.1) is 27.6 Å². The molecule has 5 rings (SSSR count). The predicted octanol–water partition coefficient (Wildman–Crippen LogP) is 3.99. The number of aromatic nitrogens is 2. The quantitative estimate of drug-likeness (QED) is 0.358. The third-order valence-corrected chi connectivity index (χ3v) is 7.28. The van der Waals surface area contributed by atoms with Crippen LogP contribution in [0.1, 0.15) is 22.3 Å². The minimum absolute atomic E-state index is 0.00928. The average molecular weight is 475 g/mol. The lowest BCUT2D eigenvalue weighted by Gasteiger charge is -2.18. The molecule has 1 N–H and O–H groups in total. The summed E-state index contributed by atoms with van der Waals surface area (Å²) < 4.78 is 40.2. The first-order chi connectivity index (χ1) is 16.4. The van der Waals surface area contributed by atoms with Crippen molar-refractivity contribution in [1.29, 1.82) is 0 Å². The number of carbonyl (C=O) groups is 1. The van der Waals surface area contributed by atoms with E-state index in [-0.39, 0.29) is 22.6 Å². The second kappa shape index (κ2) is 8.68. The number of para-hydroxylation sites is 1. The largest absolute Gasteiger partial charge is 0.275 e. The molecule has 0 aliphatic carbocycles. The second-order valence-electron chi connectivity index (χ2n) is 7.75. The highest BCUT2D eigenvalue weighted by Crippen LogP contribution is 2.27. The topological polar surface area (TPSA) is 93.4 Å². The molecule has 34 heavy (non-hydrogen) atoms. The molecule has 1 aromatic heterocycles. The summed E-state index contributed by atoms with van der Waals surface area (Å²) in [4.78, 5) is 13.2. The molecule has 4 aromatic rings.